The molecule has 0 unspecified atom stereocenters. The zero-order chi connectivity index (χ0) is 20.8. The molecule has 0 saturated carbocycles. The average molecular weight is 401 g/mol. The summed E-state index contributed by atoms with van der Waals surface area (Å²) in [7, 11) is 0. The molecule has 2 aromatic carbocycles. The van der Waals surface area contributed by atoms with Crippen molar-refractivity contribution in [1.82, 2.24) is 14.5 Å². The summed E-state index contributed by atoms with van der Waals surface area (Å²) in [6.45, 7) is 1.80. The number of imidazole rings is 1. The van der Waals surface area contributed by atoms with E-state index in [4.69, 9.17) is 0 Å². The molecular weight excluding hydrogens is 386 g/mol. The maximum absolute atomic E-state index is 13.5. The van der Waals surface area contributed by atoms with Crippen LogP contribution in [0.2, 0.25) is 0 Å². The van der Waals surface area contributed by atoms with E-state index in [-0.39, 0.29) is 12.4 Å². The monoisotopic (exact) mass is 401 g/mol. The summed E-state index contributed by atoms with van der Waals surface area (Å²) in [4.78, 5) is 19.2. The predicted octanol–water partition coefficient (Wildman–Crippen LogP) is 4.91. The number of rotatable bonds is 3. The van der Waals surface area contributed by atoms with Crippen molar-refractivity contribution in [2.24, 2.45) is 0 Å². The lowest BCUT2D eigenvalue weighted by molar-refractivity contribution is -0.137. The highest BCUT2D eigenvalue weighted by atomic mass is 19.4. The minimum Gasteiger partial charge on any atom is -0.290 e. The summed E-state index contributed by atoms with van der Waals surface area (Å²) >= 11 is 0. The van der Waals surface area contributed by atoms with Gasteiger partial charge in [-0.1, -0.05) is 24.3 Å². The van der Waals surface area contributed by atoms with Crippen LogP contribution in [0.25, 0.3) is 22.3 Å². The van der Waals surface area contributed by atoms with Gasteiger partial charge in [0.25, 0.3) is 0 Å². The Morgan fingerprint density at radius 2 is 1.86 bits per heavy atom. The van der Waals surface area contributed by atoms with E-state index in [0.717, 1.165) is 17.7 Å². The largest absolute Gasteiger partial charge is 0.416 e. The molecule has 0 saturated heterocycles. The molecule has 4 nitrogen and oxygen atoms in total. The zero-order valence-corrected chi connectivity index (χ0v) is 15.2. The predicted molar refractivity (Wildman–Crippen MR) is 101 cm³/mol. The standard InChI is InChI=1S/C21H15F4N3O/c1-12-7-13(5-6-17(12)22)11-28-18-9-15(10-26-19(18)27-20(28)29)14-3-2-4-16(8-14)21(23,24)25/h2-10H,11H2,1H3,(H,26,27,29). The van der Waals surface area contributed by atoms with Crippen molar-refractivity contribution in [3.8, 4) is 11.1 Å². The van der Waals surface area contributed by atoms with Crippen LogP contribution in [0.15, 0.2) is 59.5 Å². The number of fused-ring (bicyclic) bond motifs is 1. The fraction of sp³-hybridized carbons (Fsp3) is 0.143. The van der Waals surface area contributed by atoms with Gasteiger partial charge in [0.2, 0.25) is 0 Å². The Hall–Kier alpha value is -3.42. The van der Waals surface area contributed by atoms with E-state index in [9.17, 15) is 22.4 Å². The number of aryl methyl sites for hydroxylation is 1. The van der Waals surface area contributed by atoms with Crippen molar-refractivity contribution in [2.75, 3.05) is 0 Å². The van der Waals surface area contributed by atoms with Crippen LogP contribution in [0, 0.1) is 12.7 Å². The quantitative estimate of drug-likeness (QED) is 0.496. The fourth-order valence-electron chi connectivity index (χ4n) is 3.21. The normalized spacial score (nSPS) is 11.9. The lowest BCUT2D eigenvalue weighted by Crippen LogP contribution is -2.17. The number of hydrogen-bond acceptors (Lipinski definition) is 2. The third-order valence-electron chi connectivity index (χ3n) is 4.72. The van der Waals surface area contributed by atoms with Gasteiger partial charge in [-0.25, -0.2) is 14.2 Å². The van der Waals surface area contributed by atoms with Gasteiger partial charge in [-0.15, -0.1) is 0 Å². The molecule has 0 radical (unpaired) electrons. The van der Waals surface area contributed by atoms with Crippen molar-refractivity contribution in [3.63, 3.8) is 0 Å². The molecular formula is C21H15F4N3O. The number of aromatic nitrogens is 3. The average Bonchev–Trinajstić information content (AvgIpc) is 2.99. The van der Waals surface area contributed by atoms with E-state index < -0.39 is 17.4 Å². The second-order valence-electron chi connectivity index (χ2n) is 6.77. The van der Waals surface area contributed by atoms with Gasteiger partial charge in [0.15, 0.2) is 5.65 Å². The van der Waals surface area contributed by atoms with Gasteiger partial charge in [-0.2, -0.15) is 13.2 Å². The molecule has 0 spiro atoms. The van der Waals surface area contributed by atoms with E-state index in [0.29, 0.717) is 27.9 Å². The summed E-state index contributed by atoms with van der Waals surface area (Å²) in [5, 5.41) is 0. The minimum atomic E-state index is -4.45. The maximum Gasteiger partial charge on any atom is 0.416 e. The van der Waals surface area contributed by atoms with Crippen molar-refractivity contribution >= 4 is 11.2 Å². The van der Waals surface area contributed by atoms with E-state index in [1.807, 2.05) is 0 Å². The van der Waals surface area contributed by atoms with Crippen LogP contribution in [-0.4, -0.2) is 14.5 Å². The van der Waals surface area contributed by atoms with E-state index in [1.54, 1.807) is 31.2 Å². The van der Waals surface area contributed by atoms with Crippen molar-refractivity contribution in [1.29, 1.82) is 0 Å². The number of nitrogens with zero attached hydrogens (tertiary/aromatic N) is 2. The first-order chi connectivity index (χ1) is 13.7. The Morgan fingerprint density at radius 1 is 1.07 bits per heavy atom. The molecule has 4 rings (SSSR count). The van der Waals surface area contributed by atoms with Gasteiger partial charge >= 0.3 is 11.9 Å². The summed E-state index contributed by atoms with van der Waals surface area (Å²) in [5.41, 5.74) is 1.57. The molecule has 8 heteroatoms. The van der Waals surface area contributed by atoms with E-state index in [1.165, 1.54) is 22.9 Å². The van der Waals surface area contributed by atoms with Crippen molar-refractivity contribution in [2.45, 2.75) is 19.6 Å². The SMILES string of the molecule is Cc1cc(Cn2c(=O)[nH]c3ncc(-c4cccc(C(F)(F)F)c4)cc32)ccc1F. The van der Waals surface area contributed by atoms with Crippen LogP contribution < -0.4 is 5.69 Å². The lowest BCUT2D eigenvalue weighted by Gasteiger charge is -2.09. The first-order valence-electron chi connectivity index (χ1n) is 8.73. The number of halogens is 4. The molecule has 1 N–H and O–H groups in total. The number of alkyl halides is 3. The second-order valence-corrected chi connectivity index (χ2v) is 6.77. The van der Waals surface area contributed by atoms with Crippen molar-refractivity contribution in [3.05, 3.63) is 87.7 Å². The Balaban J connectivity index is 1.79. The second kappa shape index (κ2) is 6.88. The molecule has 2 heterocycles. The zero-order valence-electron chi connectivity index (χ0n) is 15.2. The molecule has 0 atom stereocenters. The Kier molecular flexibility index (Phi) is 4.49. The van der Waals surface area contributed by atoms with Crippen LogP contribution in [0.3, 0.4) is 0 Å². The fourth-order valence-corrected chi connectivity index (χ4v) is 3.21. The number of benzene rings is 2. The van der Waals surface area contributed by atoms with Crippen LogP contribution in [0.5, 0.6) is 0 Å². The molecule has 0 aliphatic rings. The molecule has 2 aromatic heterocycles. The molecule has 0 amide bonds. The highest BCUT2D eigenvalue weighted by Gasteiger charge is 2.30. The number of pyridine rings is 1. The van der Waals surface area contributed by atoms with E-state index >= 15 is 0 Å². The summed E-state index contributed by atoms with van der Waals surface area (Å²) in [5.74, 6) is -0.339. The first-order valence-corrected chi connectivity index (χ1v) is 8.73. The highest BCUT2D eigenvalue weighted by Crippen LogP contribution is 2.32. The van der Waals surface area contributed by atoms with Crippen LogP contribution in [0.1, 0.15) is 16.7 Å². The van der Waals surface area contributed by atoms with Gasteiger partial charge in [0.1, 0.15) is 5.82 Å². The highest BCUT2D eigenvalue weighted by molar-refractivity contribution is 5.78. The Bertz CT molecular complexity index is 1270. The molecule has 148 valence electrons. The van der Waals surface area contributed by atoms with Gasteiger partial charge in [0, 0.05) is 11.8 Å². The molecule has 0 bridgehead atoms. The smallest absolute Gasteiger partial charge is 0.290 e. The number of nitrogens with one attached hydrogen (secondary N) is 1. The molecule has 4 aromatic rings. The van der Waals surface area contributed by atoms with Crippen LogP contribution in [-0.2, 0) is 12.7 Å². The molecule has 0 aliphatic carbocycles. The van der Waals surface area contributed by atoms with Gasteiger partial charge in [0.05, 0.1) is 17.6 Å². The summed E-state index contributed by atoms with van der Waals surface area (Å²) in [6.07, 6.45) is -3.04. The van der Waals surface area contributed by atoms with Gasteiger partial charge in [-0.3, -0.25) is 9.55 Å². The topological polar surface area (TPSA) is 50.7 Å². The van der Waals surface area contributed by atoms with Gasteiger partial charge in [-0.05, 0) is 47.9 Å². The van der Waals surface area contributed by atoms with Crippen LogP contribution >= 0.6 is 0 Å². The van der Waals surface area contributed by atoms with Crippen LogP contribution in [0.4, 0.5) is 17.6 Å². The number of H-pyrrole nitrogens is 1. The third-order valence-corrected chi connectivity index (χ3v) is 4.72. The first kappa shape index (κ1) is 18.9. The molecule has 0 fully saturated rings. The Morgan fingerprint density at radius 3 is 2.59 bits per heavy atom. The number of aromatic amines is 1. The summed E-state index contributed by atoms with van der Waals surface area (Å²) in [6, 6.07) is 11.1. The van der Waals surface area contributed by atoms with Gasteiger partial charge < -0.3 is 0 Å². The lowest BCUT2D eigenvalue weighted by atomic mass is 10.0. The molecule has 29 heavy (non-hydrogen) atoms. The number of hydrogen-bond donors (Lipinski definition) is 1. The Labute approximate surface area is 162 Å². The summed E-state index contributed by atoms with van der Waals surface area (Å²) < 4.78 is 54.0. The third kappa shape index (κ3) is 3.65. The van der Waals surface area contributed by atoms with Crippen molar-refractivity contribution < 1.29 is 17.6 Å². The van der Waals surface area contributed by atoms with E-state index in [2.05, 4.69) is 9.97 Å². The minimum absolute atomic E-state index is 0.174. The molecule has 0 aliphatic heterocycles. The maximum atomic E-state index is 13.5.